The predicted molar refractivity (Wildman–Crippen MR) is 139 cm³/mol. The van der Waals surface area contributed by atoms with Crippen molar-refractivity contribution in [2.45, 2.75) is 128 Å². The molecule has 11 heteroatoms. The van der Waals surface area contributed by atoms with Crippen molar-refractivity contribution < 1.29 is 4.79 Å². The molecular weight excluding hydrogens is 432 g/mol. The van der Waals surface area contributed by atoms with E-state index in [-0.39, 0.29) is 0 Å². The molecule has 0 aliphatic carbocycles. The van der Waals surface area contributed by atoms with E-state index in [0.717, 1.165) is 31.0 Å². The van der Waals surface area contributed by atoms with Crippen molar-refractivity contribution in [3.8, 4) is 0 Å². The first-order valence-electron chi connectivity index (χ1n) is 13.9. The monoisotopic (exact) mass is 486 g/mol. The number of primary amides is 1. The third-order valence-corrected chi connectivity index (χ3v) is 6.21. The average Bonchev–Trinajstić information content (AvgIpc) is 2.83. The fourth-order valence-corrected chi connectivity index (χ4v) is 4.13. The summed E-state index contributed by atoms with van der Waals surface area (Å²) in [6.07, 6.45) is 26.7. The summed E-state index contributed by atoms with van der Waals surface area (Å²) in [6.45, 7) is 1.63. The molecule has 202 valence electrons. The summed E-state index contributed by atoms with van der Waals surface area (Å²) in [5, 5.41) is 1.02. The third-order valence-electron chi connectivity index (χ3n) is 6.21. The van der Waals surface area contributed by atoms with Gasteiger partial charge in [0.25, 0.3) is 0 Å². The van der Waals surface area contributed by atoms with Crippen LogP contribution in [0.25, 0.3) is 0 Å². The van der Waals surface area contributed by atoms with Crippen molar-refractivity contribution in [1.82, 2.24) is 49.2 Å². The Hall–Kier alpha value is -1.05. The Bertz CT molecular complexity index is 412. The van der Waals surface area contributed by atoms with Crippen LogP contribution in [-0.2, 0) is 0 Å². The van der Waals surface area contributed by atoms with Gasteiger partial charge in [-0.3, -0.25) is 0 Å². The standard InChI is InChI=1S/C23H54N10O/c24-23(34)33-31-26-22-20-18-16-14-12-10-8-6-4-2-1-3-5-7-9-11-13-15-17-19-21-25-27-28-29-30-32-33/h25-32H,1-22H2,(H2,24,34). The zero-order valence-electron chi connectivity index (χ0n) is 21.5. The van der Waals surface area contributed by atoms with Gasteiger partial charge >= 0.3 is 6.03 Å². The first kappa shape index (κ1) is 31.0. The van der Waals surface area contributed by atoms with Crippen molar-refractivity contribution in [3.05, 3.63) is 0 Å². The van der Waals surface area contributed by atoms with Crippen LogP contribution in [0.5, 0.6) is 0 Å². The van der Waals surface area contributed by atoms with Gasteiger partial charge < -0.3 is 5.73 Å². The van der Waals surface area contributed by atoms with E-state index < -0.39 is 6.03 Å². The van der Waals surface area contributed by atoms with Crippen LogP contribution >= 0.6 is 0 Å². The van der Waals surface area contributed by atoms with Crippen molar-refractivity contribution in [2.75, 3.05) is 13.1 Å². The number of hydrazine groups is 8. The summed E-state index contributed by atoms with van der Waals surface area (Å²) < 4.78 is 0. The van der Waals surface area contributed by atoms with Crippen LogP contribution in [0.2, 0.25) is 0 Å². The second kappa shape index (κ2) is 25.1. The van der Waals surface area contributed by atoms with E-state index in [0.29, 0.717) is 0 Å². The summed E-state index contributed by atoms with van der Waals surface area (Å²) in [7, 11) is 0. The van der Waals surface area contributed by atoms with Gasteiger partial charge in [0.15, 0.2) is 0 Å². The molecule has 1 aliphatic rings. The number of nitrogens with two attached hydrogens (primary N) is 1. The van der Waals surface area contributed by atoms with E-state index in [1.807, 2.05) is 0 Å². The molecule has 2 amide bonds. The van der Waals surface area contributed by atoms with Crippen LogP contribution in [-0.4, -0.2) is 24.2 Å². The van der Waals surface area contributed by atoms with Gasteiger partial charge in [-0.05, 0) is 12.8 Å². The van der Waals surface area contributed by atoms with Crippen LogP contribution in [0.15, 0.2) is 0 Å². The highest BCUT2D eigenvalue weighted by atomic mass is 16.2. The first-order valence-corrected chi connectivity index (χ1v) is 13.9. The van der Waals surface area contributed by atoms with Crippen molar-refractivity contribution in [1.29, 1.82) is 0 Å². The molecule has 1 saturated heterocycles. The first-order chi connectivity index (χ1) is 16.8. The zero-order valence-corrected chi connectivity index (χ0v) is 21.5. The zero-order chi connectivity index (χ0) is 24.4. The maximum absolute atomic E-state index is 11.5. The number of amides is 2. The maximum atomic E-state index is 11.5. The second-order valence-electron chi connectivity index (χ2n) is 9.32. The van der Waals surface area contributed by atoms with E-state index in [1.165, 1.54) is 116 Å². The summed E-state index contributed by atoms with van der Waals surface area (Å²) in [4.78, 5) is 11.5. The highest BCUT2D eigenvalue weighted by Gasteiger charge is 2.07. The molecule has 1 fully saturated rings. The van der Waals surface area contributed by atoms with E-state index in [1.54, 1.807) is 0 Å². The quantitative estimate of drug-likeness (QED) is 0.252. The van der Waals surface area contributed by atoms with Crippen LogP contribution < -0.4 is 49.8 Å². The Morgan fingerprint density at radius 2 is 0.794 bits per heavy atom. The Morgan fingerprint density at radius 3 is 1.21 bits per heavy atom. The van der Waals surface area contributed by atoms with Gasteiger partial charge in [0.2, 0.25) is 0 Å². The minimum Gasteiger partial charge on any atom is -0.349 e. The van der Waals surface area contributed by atoms with E-state index in [9.17, 15) is 4.79 Å². The molecule has 0 aromatic carbocycles. The fraction of sp³-hybridized carbons (Fsp3) is 0.957. The minimum atomic E-state index is -0.672. The second-order valence-corrected chi connectivity index (χ2v) is 9.32. The largest absolute Gasteiger partial charge is 0.349 e. The van der Waals surface area contributed by atoms with E-state index in [4.69, 9.17) is 5.73 Å². The van der Waals surface area contributed by atoms with Gasteiger partial charge in [0.1, 0.15) is 0 Å². The lowest BCUT2D eigenvalue weighted by atomic mass is 10.0. The summed E-state index contributed by atoms with van der Waals surface area (Å²) in [5.74, 6) is 0. The summed E-state index contributed by atoms with van der Waals surface area (Å²) >= 11 is 0. The Morgan fingerprint density at radius 1 is 0.441 bits per heavy atom. The number of urea groups is 1. The van der Waals surface area contributed by atoms with Gasteiger partial charge in [0.05, 0.1) is 0 Å². The molecule has 0 unspecified atom stereocenters. The van der Waals surface area contributed by atoms with Gasteiger partial charge in [-0.15, -0.1) is 11.1 Å². The smallest absolute Gasteiger partial charge is 0.346 e. The summed E-state index contributed by atoms with van der Waals surface area (Å²) in [5.41, 5.74) is 27.6. The third kappa shape index (κ3) is 21.5. The molecule has 11 nitrogen and oxygen atoms in total. The number of carbonyl (C=O) groups excluding carboxylic acids is 1. The lowest BCUT2D eigenvalue weighted by Gasteiger charge is -2.22. The molecule has 10 N–H and O–H groups in total. The topological polar surface area (TPSA) is 143 Å². The Kier molecular flexibility index (Phi) is 22.8. The van der Waals surface area contributed by atoms with E-state index in [2.05, 4.69) is 44.1 Å². The van der Waals surface area contributed by atoms with Gasteiger partial charge in [-0.2, -0.15) is 27.3 Å². The number of nitrogens with one attached hydrogen (secondary N) is 8. The van der Waals surface area contributed by atoms with Gasteiger partial charge in [0, 0.05) is 13.1 Å². The number of rotatable bonds is 0. The maximum Gasteiger partial charge on any atom is 0.346 e. The average molecular weight is 487 g/mol. The fourth-order valence-electron chi connectivity index (χ4n) is 4.13. The molecule has 0 aromatic heterocycles. The van der Waals surface area contributed by atoms with Crippen molar-refractivity contribution in [2.24, 2.45) is 5.73 Å². The molecule has 0 atom stereocenters. The molecule has 0 radical (unpaired) electrons. The Labute approximate surface area is 207 Å². The SMILES string of the molecule is NC(=O)N1NNCCCCCCCCCCCCCCCCCCCCCCNNNNNN1. The van der Waals surface area contributed by atoms with Gasteiger partial charge in [-0.25, -0.2) is 15.6 Å². The van der Waals surface area contributed by atoms with Gasteiger partial charge in [-0.1, -0.05) is 116 Å². The lowest BCUT2D eigenvalue weighted by molar-refractivity contribution is 0.0806. The molecule has 1 heterocycles. The van der Waals surface area contributed by atoms with Crippen LogP contribution in [0.3, 0.4) is 0 Å². The number of nitrogens with zero attached hydrogens (tertiary/aromatic N) is 1. The number of hydrogen-bond donors (Lipinski definition) is 9. The summed E-state index contributed by atoms with van der Waals surface area (Å²) in [6, 6.07) is -0.672. The molecule has 34 heavy (non-hydrogen) atoms. The van der Waals surface area contributed by atoms with E-state index >= 15 is 0 Å². The van der Waals surface area contributed by atoms with Crippen LogP contribution in [0.4, 0.5) is 4.79 Å². The molecule has 1 rings (SSSR count). The number of hydrogen-bond acceptors (Lipinski definition) is 9. The highest BCUT2D eigenvalue weighted by molar-refractivity contribution is 5.70. The molecule has 0 aromatic rings. The van der Waals surface area contributed by atoms with Crippen molar-refractivity contribution >= 4 is 6.03 Å². The van der Waals surface area contributed by atoms with Crippen LogP contribution in [0.1, 0.15) is 128 Å². The highest BCUT2D eigenvalue weighted by Crippen LogP contribution is 2.14. The molecule has 1 aliphatic heterocycles. The van der Waals surface area contributed by atoms with Crippen molar-refractivity contribution in [3.63, 3.8) is 0 Å². The lowest BCUT2D eigenvalue weighted by Crippen LogP contribution is -2.67. The predicted octanol–water partition coefficient (Wildman–Crippen LogP) is 3.22. The normalized spacial score (nSPS) is 22.9. The molecule has 0 spiro atoms. The minimum absolute atomic E-state index is 0.672. The van der Waals surface area contributed by atoms with Crippen LogP contribution in [0, 0.1) is 0 Å². The molecule has 0 bridgehead atoms. The number of carbonyl (C=O) groups is 1. The Balaban J connectivity index is 2.16. The molecular formula is C23H54N10O. The molecule has 0 saturated carbocycles.